The van der Waals surface area contributed by atoms with Gasteiger partial charge in [0, 0.05) is 17.1 Å². The Kier molecular flexibility index (Phi) is 5.21. The molecule has 0 aliphatic heterocycles. The molecule has 3 rings (SSSR count). The maximum Gasteiger partial charge on any atom is 0.344 e. The quantitative estimate of drug-likeness (QED) is 0.623. The molecule has 0 saturated carbocycles. The van der Waals surface area contributed by atoms with Crippen molar-refractivity contribution < 1.29 is 14.3 Å². The van der Waals surface area contributed by atoms with E-state index in [0.29, 0.717) is 12.4 Å². The van der Waals surface area contributed by atoms with Gasteiger partial charge in [-0.05, 0) is 44.4 Å². The highest BCUT2D eigenvalue weighted by Gasteiger charge is 2.17. The highest BCUT2D eigenvalue weighted by Crippen LogP contribution is 2.38. The van der Waals surface area contributed by atoms with Gasteiger partial charge >= 0.3 is 5.97 Å². The largest absolute Gasteiger partial charge is 0.480 e. The molecule has 0 saturated heterocycles. The molecular formula is C22H23NO3. The molecule has 0 atom stereocenters. The Morgan fingerprint density at radius 3 is 2.38 bits per heavy atom. The molecule has 0 bridgehead atoms. The number of esters is 1. The first-order chi connectivity index (χ1) is 12.5. The Balaban J connectivity index is 2.17. The van der Waals surface area contributed by atoms with E-state index in [4.69, 9.17) is 9.47 Å². The van der Waals surface area contributed by atoms with Crippen molar-refractivity contribution >= 4 is 16.9 Å². The van der Waals surface area contributed by atoms with E-state index in [9.17, 15) is 4.79 Å². The SMILES string of the molecule is CCOC(=O)COc1c(-c2ccc(C)cc2)cnc2c(C)ccc(C)c12. The molecule has 0 fully saturated rings. The summed E-state index contributed by atoms with van der Waals surface area (Å²) < 4.78 is 11.0. The number of aromatic nitrogens is 1. The lowest BCUT2D eigenvalue weighted by atomic mass is 9.98. The first-order valence-corrected chi connectivity index (χ1v) is 8.75. The zero-order valence-electron chi connectivity index (χ0n) is 15.6. The van der Waals surface area contributed by atoms with Crippen LogP contribution in [0.4, 0.5) is 0 Å². The Labute approximate surface area is 153 Å². The second kappa shape index (κ2) is 7.56. The Hall–Kier alpha value is -2.88. The molecule has 0 aliphatic carbocycles. The van der Waals surface area contributed by atoms with Crippen LogP contribution in [0.1, 0.15) is 23.6 Å². The Morgan fingerprint density at radius 1 is 1.00 bits per heavy atom. The van der Waals surface area contributed by atoms with Gasteiger partial charge in [-0.1, -0.05) is 42.0 Å². The van der Waals surface area contributed by atoms with Crippen molar-refractivity contribution in [3.63, 3.8) is 0 Å². The maximum absolute atomic E-state index is 11.8. The summed E-state index contributed by atoms with van der Waals surface area (Å²) >= 11 is 0. The summed E-state index contributed by atoms with van der Waals surface area (Å²) in [6, 6.07) is 12.3. The summed E-state index contributed by atoms with van der Waals surface area (Å²) in [4.78, 5) is 16.5. The molecule has 0 radical (unpaired) electrons. The number of ether oxygens (including phenoxy) is 2. The van der Waals surface area contributed by atoms with Crippen LogP contribution >= 0.6 is 0 Å². The van der Waals surface area contributed by atoms with E-state index in [-0.39, 0.29) is 12.6 Å². The summed E-state index contributed by atoms with van der Waals surface area (Å²) in [5, 5.41) is 0.937. The van der Waals surface area contributed by atoms with E-state index in [0.717, 1.165) is 33.2 Å². The number of carbonyl (C=O) groups excluding carboxylic acids is 1. The van der Waals surface area contributed by atoms with Gasteiger partial charge in [-0.2, -0.15) is 0 Å². The van der Waals surface area contributed by atoms with Crippen molar-refractivity contribution in [3.05, 3.63) is 59.3 Å². The molecule has 4 nitrogen and oxygen atoms in total. The number of hydrogen-bond donors (Lipinski definition) is 0. The summed E-state index contributed by atoms with van der Waals surface area (Å²) in [5.74, 6) is 0.297. The molecule has 4 heteroatoms. The fraction of sp³-hybridized carbons (Fsp3) is 0.273. The number of rotatable bonds is 5. The monoisotopic (exact) mass is 349 g/mol. The van der Waals surface area contributed by atoms with Crippen LogP contribution in [0.15, 0.2) is 42.6 Å². The van der Waals surface area contributed by atoms with E-state index >= 15 is 0 Å². The highest BCUT2D eigenvalue weighted by atomic mass is 16.6. The van der Waals surface area contributed by atoms with Crippen molar-refractivity contribution in [2.45, 2.75) is 27.7 Å². The van der Waals surface area contributed by atoms with Crippen LogP contribution < -0.4 is 4.74 Å². The maximum atomic E-state index is 11.8. The van der Waals surface area contributed by atoms with Gasteiger partial charge < -0.3 is 9.47 Å². The first kappa shape index (κ1) is 17.9. The lowest BCUT2D eigenvalue weighted by Crippen LogP contribution is -2.15. The number of benzene rings is 2. The van der Waals surface area contributed by atoms with Gasteiger partial charge in [0.25, 0.3) is 0 Å². The standard InChI is InChI=1S/C22H23NO3/c1-5-25-19(24)13-26-22-18(17-10-6-14(2)7-11-17)12-23-21-16(4)9-8-15(3)20(21)22/h6-12H,5,13H2,1-4H3. The molecule has 26 heavy (non-hydrogen) atoms. The molecular weight excluding hydrogens is 326 g/mol. The molecule has 134 valence electrons. The number of hydrogen-bond acceptors (Lipinski definition) is 4. The normalized spacial score (nSPS) is 10.8. The zero-order valence-corrected chi connectivity index (χ0v) is 15.6. The van der Waals surface area contributed by atoms with Gasteiger partial charge in [0.15, 0.2) is 6.61 Å². The lowest BCUT2D eigenvalue weighted by Gasteiger charge is -2.16. The minimum atomic E-state index is -0.377. The van der Waals surface area contributed by atoms with Crippen molar-refractivity contribution in [1.29, 1.82) is 0 Å². The molecule has 0 N–H and O–H groups in total. The predicted molar refractivity (Wildman–Crippen MR) is 104 cm³/mol. The average Bonchev–Trinajstić information content (AvgIpc) is 2.63. The smallest absolute Gasteiger partial charge is 0.344 e. The average molecular weight is 349 g/mol. The van der Waals surface area contributed by atoms with Gasteiger partial charge in [-0.3, -0.25) is 4.98 Å². The van der Waals surface area contributed by atoms with Gasteiger partial charge in [0.1, 0.15) is 5.75 Å². The van der Waals surface area contributed by atoms with Crippen LogP contribution in [0, 0.1) is 20.8 Å². The van der Waals surface area contributed by atoms with Gasteiger partial charge in [-0.15, -0.1) is 0 Å². The number of aryl methyl sites for hydroxylation is 3. The highest BCUT2D eigenvalue weighted by molar-refractivity contribution is 5.96. The third-order valence-electron chi connectivity index (χ3n) is 4.38. The third kappa shape index (κ3) is 3.54. The molecule has 1 heterocycles. The second-order valence-corrected chi connectivity index (χ2v) is 6.38. The second-order valence-electron chi connectivity index (χ2n) is 6.38. The fourth-order valence-electron chi connectivity index (χ4n) is 2.99. The third-order valence-corrected chi connectivity index (χ3v) is 4.38. The summed E-state index contributed by atoms with van der Waals surface area (Å²) in [6.07, 6.45) is 1.82. The molecule has 0 amide bonds. The van der Waals surface area contributed by atoms with E-state index < -0.39 is 0 Å². The predicted octanol–water partition coefficient (Wildman–Crippen LogP) is 4.77. The number of pyridine rings is 1. The van der Waals surface area contributed by atoms with Crippen LogP contribution in [-0.2, 0) is 9.53 Å². The molecule has 0 spiro atoms. The van der Waals surface area contributed by atoms with Gasteiger partial charge in [0.2, 0.25) is 0 Å². The Bertz CT molecular complexity index is 946. The zero-order chi connectivity index (χ0) is 18.7. The van der Waals surface area contributed by atoms with Crippen LogP contribution in [0.5, 0.6) is 5.75 Å². The summed E-state index contributed by atoms with van der Waals surface area (Å²) in [6.45, 7) is 8.09. The first-order valence-electron chi connectivity index (χ1n) is 8.75. The van der Waals surface area contributed by atoms with Gasteiger partial charge in [0.05, 0.1) is 12.1 Å². The van der Waals surface area contributed by atoms with Gasteiger partial charge in [-0.25, -0.2) is 4.79 Å². The molecule has 0 unspecified atom stereocenters. The lowest BCUT2D eigenvalue weighted by molar-refractivity contribution is -0.145. The van der Waals surface area contributed by atoms with Crippen molar-refractivity contribution in [1.82, 2.24) is 4.98 Å². The van der Waals surface area contributed by atoms with Crippen molar-refractivity contribution in [2.75, 3.05) is 13.2 Å². The number of carbonyl (C=O) groups is 1. The Morgan fingerprint density at radius 2 is 1.69 bits per heavy atom. The van der Waals surface area contributed by atoms with Crippen molar-refractivity contribution in [2.24, 2.45) is 0 Å². The number of fused-ring (bicyclic) bond motifs is 1. The molecule has 2 aromatic carbocycles. The topological polar surface area (TPSA) is 48.4 Å². The minimum absolute atomic E-state index is 0.126. The van der Waals surface area contributed by atoms with E-state index in [2.05, 4.69) is 23.2 Å². The van der Waals surface area contributed by atoms with Crippen LogP contribution in [0.3, 0.4) is 0 Å². The van der Waals surface area contributed by atoms with Crippen molar-refractivity contribution in [3.8, 4) is 16.9 Å². The number of nitrogens with zero attached hydrogens (tertiary/aromatic N) is 1. The van der Waals surface area contributed by atoms with E-state index in [1.165, 1.54) is 5.56 Å². The fourth-order valence-corrected chi connectivity index (χ4v) is 2.99. The minimum Gasteiger partial charge on any atom is -0.480 e. The van der Waals surface area contributed by atoms with E-state index in [1.807, 2.05) is 45.2 Å². The summed E-state index contributed by atoms with van der Waals surface area (Å²) in [7, 11) is 0. The van der Waals surface area contributed by atoms with Crippen LogP contribution in [0.2, 0.25) is 0 Å². The molecule has 3 aromatic rings. The molecule has 0 aliphatic rings. The van der Waals surface area contributed by atoms with Crippen LogP contribution in [-0.4, -0.2) is 24.2 Å². The van der Waals surface area contributed by atoms with E-state index in [1.54, 1.807) is 6.92 Å². The summed E-state index contributed by atoms with van der Waals surface area (Å²) in [5.41, 5.74) is 6.08. The molecule has 1 aromatic heterocycles. The van der Waals surface area contributed by atoms with Crippen LogP contribution in [0.25, 0.3) is 22.0 Å².